The van der Waals surface area contributed by atoms with Gasteiger partial charge in [0.25, 0.3) is 0 Å². The highest BCUT2D eigenvalue weighted by atomic mass is 16.4. The number of carbonyl (C=O) groups excluding carboxylic acids is 3. The molecule has 6 N–H and O–H groups in total. The number of nitrogens with one attached hydrogen (secondary N) is 3. The quantitative estimate of drug-likeness (QED) is 0.0979. The molecule has 41 heavy (non-hydrogen) atoms. The predicted octanol–water partition coefficient (Wildman–Crippen LogP) is 3.64. The van der Waals surface area contributed by atoms with Crippen LogP contribution in [0.25, 0.3) is 0 Å². The Labute approximate surface area is 246 Å². The summed E-state index contributed by atoms with van der Waals surface area (Å²) in [6.07, 6.45) is 20.8. The highest BCUT2D eigenvalue weighted by Crippen LogP contribution is 2.13. The van der Waals surface area contributed by atoms with E-state index in [4.69, 9.17) is 5.73 Å². The standard InChI is InChI=1S/C30H54N6O5/c1-2-3-4-5-6-7-8-9-10-11-12-13-14-18-27(37)33-22-28(38)35-26(20-24-21-32-23-34-24)29(39)36-25(30(40)41)17-15-16-19-31/h21,23-26H,2-20,22,31H2,1H3,(H,33,37)(H,35,38)(H,36,39)(H,40,41). The van der Waals surface area contributed by atoms with E-state index in [1.165, 1.54) is 70.5 Å². The number of amides is 3. The number of aliphatic imine (C=N–C) groups is 2. The first kappa shape index (κ1) is 36.2. The van der Waals surface area contributed by atoms with Gasteiger partial charge in [-0.2, -0.15) is 0 Å². The van der Waals surface area contributed by atoms with Crippen LogP contribution in [-0.2, 0) is 19.2 Å². The second kappa shape index (κ2) is 23.8. The Hall–Kier alpha value is -2.82. The molecule has 0 saturated carbocycles. The van der Waals surface area contributed by atoms with Crippen molar-refractivity contribution in [3.8, 4) is 0 Å². The van der Waals surface area contributed by atoms with Crippen LogP contribution in [0.4, 0.5) is 0 Å². The Morgan fingerprint density at radius 2 is 1.41 bits per heavy atom. The number of hydrogen-bond donors (Lipinski definition) is 5. The molecule has 0 aliphatic carbocycles. The smallest absolute Gasteiger partial charge is 0.326 e. The van der Waals surface area contributed by atoms with E-state index in [-0.39, 0.29) is 25.3 Å². The van der Waals surface area contributed by atoms with Crippen molar-refractivity contribution in [2.24, 2.45) is 15.7 Å². The first-order chi connectivity index (χ1) is 19.9. The summed E-state index contributed by atoms with van der Waals surface area (Å²) in [5.74, 6) is -2.51. The lowest BCUT2D eigenvalue weighted by molar-refractivity contribution is -0.142. The van der Waals surface area contributed by atoms with Gasteiger partial charge in [0, 0.05) is 19.1 Å². The van der Waals surface area contributed by atoms with Crippen LogP contribution in [0.2, 0.25) is 0 Å². The van der Waals surface area contributed by atoms with Crippen molar-refractivity contribution in [3.63, 3.8) is 0 Å². The molecule has 0 saturated heterocycles. The number of carbonyl (C=O) groups is 4. The van der Waals surface area contributed by atoms with E-state index in [1.54, 1.807) is 6.21 Å². The minimum atomic E-state index is -1.15. The molecular weight excluding hydrogens is 524 g/mol. The molecular formula is C30H54N6O5. The van der Waals surface area contributed by atoms with Crippen molar-refractivity contribution >= 4 is 36.2 Å². The summed E-state index contributed by atoms with van der Waals surface area (Å²) in [4.78, 5) is 57.3. The third-order valence-electron chi connectivity index (χ3n) is 7.23. The van der Waals surface area contributed by atoms with E-state index in [2.05, 4.69) is 32.9 Å². The normalized spacial score (nSPS) is 15.4. The van der Waals surface area contributed by atoms with Crippen LogP contribution in [0.5, 0.6) is 0 Å². The molecule has 0 aromatic heterocycles. The van der Waals surface area contributed by atoms with E-state index in [0.29, 0.717) is 25.8 Å². The molecule has 3 amide bonds. The van der Waals surface area contributed by atoms with Crippen LogP contribution < -0.4 is 21.7 Å². The number of carboxylic acid groups (broad SMARTS) is 1. The Morgan fingerprint density at radius 3 is 1.95 bits per heavy atom. The fraction of sp³-hybridized carbons (Fsp3) is 0.800. The zero-order valence-electron chi connectivity index (χ0n) is 25.1. The monoisotopic (exact) mass is 578 g/mol. The van der Waals surface area contributed by atoms with E-state index >= 15 is 0 Å². The number of unbranched alkanes of at least 4 members (excludes halogenated alkanes) is 13. The third-order valence-corrected chi connectivity index (χ3v) is 7.23. The maximum absolute atomic E-state index is 12.9. The van der Waals surface area contributed by atoms with Gasteiger partial charge in [-0.1, -0.05) is 84.0 Å². The number of rotatable bonds is 26. The zero-order chi connectivity index (χ0) is 30.1. The molecule has 3 unspecified atom stereocenters. The molecule has 0 radical (unpaired) electrons. The number of nitrogens with two attached hydrogens (primary N) is 1. The van der Waals surface area contributed by atoms with Crippen LogP contribution >= 0.6 is 0 Å². The van der Waals surface area contributed by atoms with E-state index in [0.717, 1.165) is 19.3 Å². The van der Waals surface area contributed by atoms with E-state index in [9.17, 15) is 24.3 Å². The maximum Gasteiger partial charge on any atom is 0.326 e. The molecule has 0 fully saturated rings. The Balaban J connectivity index is 2.29. The molecule has 0 aromatic rings. The largest absolute Gasteiger partial charge is 0.480 e. The SMILES string of the molecule is CCCCCCCCCCCCCCCC(=O)NCC(=O)NC(CC1C=NC=N1)C(=O)NC(CCCCN)C(=O)O. The molecule has 1 aliphatic rings. The van der Waals surface area contributed by atoms with Gasteiger partial charge in [0.2, 0.25) is 17.7 Å². The highest BCUT2D eigenvalue weighted by Gasteiger charge is 2.28. The molecule has 11 heteroatoms. The summed E-state index contributed by atoms with van der Waals surface area (Å²) in [6, 6.07) is -2.52. The third kappa shape index (κ3) is 19.0. The Kier molecular flexibility index (Phi) is 21.1. The van der Waals surface area contributed by atoms with Crippen molar-refractivity contribution in [3.05, 3.63) is 0 Å². The van der Waals surface area contributed by atoms with Crippen LogP contribution in [-0.4, -0.2) is 72.6 Å². The van der Waals surface area contributed by atoms with Crippen LogP contribution in [0.15, 0.2) is 9.98 Å². The first-order valence-corrected chi connectivity index (χ1v) is 15.7. The molecule has 0 aromatic carbocycles. The highest BCUT2D eigenvalue weighted by molar-refractivity contribution is 5.92. The van der Waals surface area contributed by atoms with Gasteiger partial charge in [0.1, 0.15) is 18.4 Å². The van der Waals surface area contributed by atoms with Gasteiger partial charge >= 0.3 is 5.97 Å². The lowest BCUT2D eigenvalue weighted by Gasteiger charge is -2.22. The molecule has 0 spiro atoms. The Morgan fingerprint density at radius 1 is 0.805 bits per heavy atom. The van der Waals surface area contributed by atoms with Gasteiger partial charge in [-0.25, -0.2) is 9.79 Å². The summed E-state index contributed by atoms with van der Waals surface area (Å²) in [5, 5.41) is 17.2. The minimum absolute atomic E-state index is 0.125. The predicted molar refractivity (Wildman–Crippen MR) is 163 cm³/mol. The molecule has 1 heterocycles. The van der Waals surface area contributed by atoms with Crippen molar-refractivity contribution < 1.29 is 24.3 Å². The zero-order valence-corrected chi connectivity index (χ0v) is 25.1. The number of hydrogen-bond acceptors (Lipinski definition) is 7. The second-order valence-electron chi connectivity index (χ2n) is 10.9. The fourth-order valence-corrected chi connectivity index (χ4v) is 4.73. The van der Waals surface area contributed by atoms with E-state index < -0.39 is 35.9 Å². The van der Waals surface area contributed by atoms with Gasteiger partial charge < -0.3 is 26.8 Å². The molecule has 0 bridgehead atoms. The summed E-state index contributed by atoms with van der Waals surface area (Å²) >= 11 is 0. The summed E-state index contributed by atoms with van der Waals surface area (Å²) in [6.45, 7) is 2.41. The lowest BCUT2D eigenvalue weighted by Crippen LogP contribution is -2.54. The van der Waals surface area contributed by atoms with Crippen LogP contribution in [0, 0.1) is 0 Å². The summed E-state index contributed by atoms with van der Waals surface area (Å²) in [5.41, 5.74) is 5.48. The number of aliphatic carboxylic acids is 1. The van der Waals surface area contributed by atoms with Crippen LogP contribution in [0.1, 0.15) is 122 Å². The van der Waals surface area contributed by atoms with Crippen molar-refractivity contribution in [1.29, 1.82) is 0 Å². The molecule has 3 atom stereocenters. The first-order valence-electron chi connectivity index (χ1n) is 15.7. The maximum atomic E-state index is 12.9. The van der Waals surface area contributed by atoms with Gasteiger partial charge in [-0.15, -0.1) is 0 Å². The molecule has 234 valence electrons. The van der Waals surface area contributed by atoms with Gasteiger partial charge in [0.05, 0.1) is 12.6 Å². The average molecular weight is 579 g/mol. The van der Waals surface area contributed by atoms with Gasteiger partial charge in [-0.3, -0.25) is 19.4 Å². The van der Waals surface area contributed by atoms with Crippen molar-refractivity contribution in [2.45, 2.75) is 141 Å². The second-order valence-corrected chi connectivity index (χ2v) is 10.9. The summed E-state index contributed by atoms with van der Waals surface area (Å²) < 4.78 is 0. The number of nitrogens with zero attached hydrogens (tertiary/aromatic N) is 2. The minimum Gasteiger partial charge on any atom is -0.480 e. The lowest BCUT2D eigenvalue weighted by atomic mass is 10.0. The van der Waals surface area contributed by atoms with Gasteiger partial charge in [-0.05, 0) is 32.2 Å². The average Bonchev–Trinajstić information content (AvgIpc) is 3.46. The van der Waals surface area contributed by atoms with Gasteiger partial charge in [0.15, 0.2) is 0 Å². The van der Waals surface area contributed by atoms with Crippen molar-refractivity contribution in [2.75, 3.05) is 13.1 Å². The fourth-order valence-electron chi connectivity index (χ4n) is 4.73. The van der Waals surface area contributed by atoms with E-state index in [1.807, 2.05) is 0 Å². The summed E-state index contributed by atoms with van der Waals surface area (Å²) in [7, 11) is 0. The molecule has 1 rings (SSSR count). The number of carboxylic acids is 1. The topological polar surface area (TPSA) is 175 Å². The molecule has 11 nitrogen and oxygen atoms in total. The van der Waals surface area contributed by atoms with Crippen molar-refractivity contribution in [1.82, 2.24) is 16.0 Å². The molecule has 1 aliphatic heterocycles. The van der Waals surface area contributed by atoms with Crippen LogP contribution in [0.3, 0.4) is 0 Å². The Bertz CT molecular complexity index is 807.